The fourth-order valence-corrected chi connectivity index (χ4v) is 1.70. The lowest BCUT2D eigenvalue weighted by Crippen LogP contribution is -2.26. The Morgan fingerprint density at radius 3 is 2.57 bits per heavy atom. The van der Waals surface area contributed by atoms with Crippen molar-refractivity contribution in [2.45, 2.75) is 25.6 Å². The van der Waals surface area contributed by atoms with Crippen molar-refractivity contribution in [2.75, 3.05) is 0 Å². The van der Waals surface area contributed by atoms with Gasteiger partial charge in [0.25, 0.3) is 0 Å². The maximum atomic E-state index is 11.9. The van der Waals surface area contributed by atoms with Crippen molar-refractivity contribution >= 4 is 17.9 Å². The van der Waals surface area contributed by atoms with E-state index >= 15 is 0 Å². The summed E-state index contributed by atoms with van der Waals surface area (Å²) in [5.41, 5.74) is 0.165. The Bertz CT molecular complexity index is 577. The van der Waals surface area contributed by atoms with Crippen LogP contribution in [0.15, 0.2) is 42.5 Å². The lowest BCUT2D eigenvalue weighted by atomic mass is 10.2. The maximum absolute atomic E-state index is 11.9. The molecule has 1 saturated heterocycles. The van der Waals surface area contributed by atoms with Gasteiger partial charge in [-0.2, -0.15) is 0 Å². The third-order valence-electron chi connectivity index (χ3n) is 2.77. The quantitative estimate of drug-likeness (QED) is 0.474. The van der Waals surface area contributed by atoms with Crippen LogP contribution in [0.1, 0.15) is 13.3 Å². The van der Waals surface area contributed by atoms with E-state index < -0.39 is 30.1 Å². The molecule has 2 unspecified atom stereocenters. The van der Waals surface area contributed by atoms with E-state index in [0.29, 0.717) is 5.75 Å². The number of rotatable bonds is 4. The van der Waals surface area contributed by atoms with E-state index in [1.165, 1.54) is 6.92 Å². The van der Waals surface area contributed by atoms with Gasteiger partial charge in [-0.25, -0.2) is 14.4 Å². The Hall–Kier alpha value is -2.63. The van der Waals surface area contributed by atoms with Gasteiger partial charge in [-0.1, -0.05) is 24.8 Å². The highest BCUT2D eigenvalue weighted by molar-refractivity contribution is 5.91. The van der Waals surface area contributed by atoms with Crippen LogP contribution in [-0.4, -0.2) is 30.1 Å². The first-order valence-electron chi connectivity index (χ1n) is 6.31. The minimum Gasteiger partial charge on any atom is -0.447 e. The molecule has 6 nitrogen and oxygen atoms in total. The number of ether oxygens (including phenoxy) is 3. The summed E-state index contributed by atoms with van der Waals surface area (Å²) in [6.45, 7) is 4.88. The van der Waals surface area contributed by atoms with Gasteiger partial charge < -0.3 is 14.2 Å². The van der Waals surface area contributed by atoms with Crippen LogP contribution in [0, 0.1) is 0 Å². The highest BCUT2D eigenvalue weighted by Crippen LogP contribution is 2.21. The first-order chi connectivity index (χ1) is 9.97. The zero-order valence-corrected chi connectivity index (χ0v) is 11.4. The Labute approximate surface area is 121 Å². The van der Waals surface area contributed by atoms with Crippen LogP contribution in [0.5, 0.6) is 5.75 Å². The molecule has 0 aliphatic carbocycles. The molecule has 1 aromatic rings. The summed E-state index contributed by atoms with van der Waals surface area (Å²) in [5.74, 6) is -1.82. The minimum atomic E-state index is -1.11. The van der Waals surface area contributed by atoms with Crippen LogP contribution >= 0.6 is 0 Å². The van der Waals surface area contributed by atoms with E-state index in [2.05, 4.69) is 6.58 Å². The predicted octanol–water partition coefficient (Wildman–Crippen LogP) is 1.40. The zero-order valence-electron chi connectivity index (χ0n) is 11.4. The number of para-hydroxylation sites is 1. The first-order valence-corrected chi connectivity index (χ1v) is 6.31. The van der Waals surface area contributed by atoms with Gasteiger partial charge in [0.05, 0.1) is 0 Å². The number of carbonyl (C=O) groups excluding carboxylic acids is 3. The summed E-state index contributed by atoms with van der Waals surface area (Å²) >= 11 is 0. The van der Waals surface area contributed by atoms with Crippen LogP contribution in [-0.2, 0) is 23.9 Å². The number of hydrogen-bond acceptors (Lipinski definition) is 6. The molecule has 1 fully saturated rings. The van der Waals surface area contributed by atoms with Crippen molar-refractivity contribution < 1.29 is 28.6 Å². The first kappa shape index (κ1) is 14.8. The number of cyclic esters (lactones) is 1. The normalized spacial score (nSPS) is 20.5. The van der Waals surface area contributed by atoms with Crippen LogP contribution in [0.4, 0.5) is 0 Å². The van der Waals surface area contributed by atoms with E-state index in [0.717, 1.165) is 0 Å². The fourth-order valence-electron chi connectivity index (χ4n) is 1.70. The number of benzene rings is 1. The van der Waals surface area contributed by atoms with Gasteiger partial charge in [-0.15, -0.1) is 0 Å². The van der Waals surface area contributed by atoms with Crippen molar-refractivity contribution in [1.29, 1.82) is 0 Å². The van der Waals surface area contributed by atoms with E-state index in [9.17, 15) is 14.4 Å². The van der Waals surface area contributed by atoms with Crippen molar-refractivity contribution in [3.8, 4) is 5.75 Å². The van der Waals surface area contributed by atoms with Crippen LogP contribution < -0.4 is 4.74 Å². The van der Waals surface area contributed by atoms with Crippen molar-refractivity contribution in [3.63, 3.8) is 0 Å². The molecular weight excluding hydrogens is 276 g/mol. The molecule has 0 amide bonds. The largest absolute Gasteiger partial charge is 0.447 e. The average molecular weight is 290 g/mol. The molecule has 1 aliphatic heterocycles. The highest BCUT2D eigenvalue weighted by Gasteiger charge is 2.42. The van der Waals surface area contributed by atoms with E-state index in [-0.39, 0.29) is 12.0 Å². The van der Waals surface area contributed by atoms with Gasteiger partial charge in [-0.05, 0) is 19.1 Å². The number of esters is 3. The number of hydrogen-bond donors (Lipinski definition) is 0. The molecule has 0 saturated carbocycles. The second kappa shape index (κ2) is 6.21. The van der Waals surface area contributed by atoms with Gasteiger partial charge in [0.2, 0.25) is 12.2 Å². The minimum absolute atomic E-state index is 0.0660. The number of carbonyl (C=O) groups is 3. The van der Waals surface area contributed by atoms with E-state index in [4.69, 9.17) is 14.2 Å². The zero-order chi connectivity index (χ0) is 15.4. The monoisotopic (exact) mass is 290 g/mol. The second-order valence-electron chi connectivity index (χ2n) is 4.57. The summed E-state index contributed by atoms with van der Waals surface area (Å²) in [7, 11) is 0. The Balaban J connectivity index is 1.94. The van der Waals surface area contributed by atoms with E-state index in [1.54, 1.807) is 30.3 Å². The summed E-state index contributed by atoms with van der Waals surface area (Å²) in [6, 6.07) is 8.40. The van der Waals surface area contributed by atoms with E-state index in [1.807, 2.05) is 0 Å². The Kier molecular flexibility index (Phi) is 4.37. The van der Waals surface area contributed by atoms with Gasteiger partial charge in [0.15, 0.2) is 0 Å². The molecule has 0 N–H and O–H groups in total. The molecule has 1 aromatic carbocycles. The molecule has 6 heteroatoms. The smallest absolute Gasteiger partial charge is 0.353 e. The van der Waals surface area contributed by atoms with Crippen LogP contribution in [0.3, 0.4) is 0 Å². The molecule has 1 heterocycles. The highest BCUT2D eigenvalue weighted by atomic mass is 16.6. The predicted molar refractivity (Wildman–Crippen MR) is 71.3 cm³/mol. The van der Waals surface area contributed by atoms with Crippen LogP contribution in [0.2, 0.25) is 0 Å². The second-order valence-corrected chi connectivity index (χ2v) is 4.57. The topological polar surface area (TPSA) is 78.9 Å². The lowest BCUT2D eigenvalue weighted by Gasteiger charge is -2.08. The van der Waals surface area contributed by atoms with Gasteiger partial charge in [0, 0.05) is 12.0 Å². The summed E-state index contributed by atoms with van der Waals surface area (Å²) < 4.78 is 14.8. The summed E-state index contributed by atoms with van der Waals surface area (Å²) in [4.78, 5) is 34.8. The molecule has 0 bridgehead atoms. The standard InChI is InChI=1S/C15H14O6/c1-9(2)13(16)20-12-8-11(21-15(12)18)14(17)19-10-6-4-3-5-7-10/h3-7,11-12H,1,8H2,2H3. The molecular formula is C15H14O6. The molecule has 21 heavy (non-hydrogen) atoms. The molecule has 0 aromatic heterocycles. The SMILES string of the molecule is C=C(C)C(=O)OC1CC(C(=O)Oc2ccccc2)OC1=O. The molecule has 110 valence electrons. The van der Waals surface area contributed by atoms with Gasteiger partial charge in [-0.3, -0.25) is 0 Å². The third-order valence-corrected chi connectivity index (χ3v) is 2.77. The fraction of sp³-hybridized carbons (Fsp3) is 0.267. The Morgan fingerprint density at radius 1 is 1.29 bits per heavy atom. The van der Waals surface area contributed by atoms with Crippen molar-refractivity contribution in [3.05, 3.63) is 42.5 Å². The van der Waals surface area contributed by atoms with Gasteiger partial charge >= 0.3 is 17.9 Å². The lowest BCUT2D eigenvalue weighted by molar-refractivity contribution is -0.161. The average Bonchev–Trinajstić information content (AvgIpc) is 2.81. The molecule has 0 radical (unpaired) electrons. The summed E-state index contributed by atoms with van der Waals surface area (Å²) in [6.07, 6.45) is -2.26. The molecule has 2 rings (SSSR count). The Morgan fingerprint density at radius 2 is 1.95 bits per heavy atom. The van der Waals surface area contributed by atoms with Crippen molar-refractivity contribution in [1.82, 2.24) is 0 Å². The van der Waals surface area contributed by atoms with Crippen molar-refractivity contribution in [2.24, 2.45) is 0 Å². The maximum Gasteiger partial charge on any atom is 0.353 e. The third kappa shape index (κ3) is 3.68. The summed E-state index contributed by atoms with van der Waals surface area (Å²) in [5, 5.41) is 0. The van der Waals surface area contributed by atoms with Crippen LogP contribution in [0.25, 0.3) is 0 Å². The molecule has 1 aliphatic rings. The van der Waals surface area contributed by atoms with Gasteiger partial charge in [0.1, 0.15) is 5.75 Å². The molecule has 0 spiro atoms. The molecule has 2 atom stereocenters.